The number of aliphatic hydroxyl groups is 1. The van der Waals surface area contributed by atoms with Gasteiger partial charge in [-0.05, 0) is 67.1 Å². The minimum Gasteiger partial charge on any atom is -0.374 e. The molecule has 0 aromatic heterocycles. The van der Waals surface area contributed by atoms with Crippen LogP contribution >= 0.6 is 0 Å². The quantitative estimate of drug-likeness (QED) is 0.714. The summed E-state index contributed by atoms with van der Waals surface area (Å²) in [6, 6.07) is 0. The van der Waals surface area contributed by atoms with Crippen LogP contribution in [0.2, 0.25) is 0 Å². The first-order chi connectivity index (χ1) is 10.4. The molecule has 0 aliphatic heterocycles. The van der Waals surface area contributed by atoms with E-state index in [0.29, 0.717) is 24.2 Å². The Balaban J connectivity index is 1.82. The van der Waals surface area contributed by atoms with E-state index in [4.69, 9.17) is 0 Å². The highest BCUT2D eigenvalue weighted by atomic mass is 19.4. The van der Waals surface area contributed by atoms with E-state index in [1.807, 2.05) is 0 Å². The third kappa shape index (κ3) is 2.40. The van der Waals surface area contributed by atoms with Gasteiger partial charge in [0.25, 0.3) is 5.60 Å². The first kappa shape index (κ1) is 17.4. The van der Waals surface area contributed by atoms with Crippen molar-refractivity contribution in [3.05, 3.63) is 0 Å². The Labute approximate surface area is 131 Å². The van der Waals surface area contributed by atoms with Crippen LogP contribution in [0.3, 0.4) is 0 Å². The summed E-state index contributed by atoms with van der Waals surface area (Å²) >= 11 is 0. The van der Waals surface area contributed by atoms with E-state index in [1.54, 1.807) is 0 Å². The zero-order valence-corrected chi connectivity index (χ0v) is 13.1. The number of hydrogen-bond donors (Lipinski definition) is 1. The summed E-state index contributed by atoms with van der Waals surface area (Å²) < 4.78 is 77.6. The Hall–Kier alpha value is -0.460. The lowest BCUT2D eigenvalue weighted by Gasteiger charge is -2.39. The average molecular weight is 344 g/mol. The number of halogens is 6. The van der Waals surface area contributed by atoms with Gasteiger partial charge in [0.1, 0.15) is 0 Å². The first-order valence-electron chi connectivity index (χ1n) is 8.22. The molecule has 134 valence electrons. The van der Waals surface area contributed by atoms with Gasteiger partial charge in [-0.3, -0.25) is 0 Å². The van der Waals surface area contributed by atoms with Crippen molar-refractivity contribution in [2.75, 3.05) is 0 Å². The molecule has 0 radical (unpaired) electrons. The molecule has 1 N–H and O–H groups in total. The smallest absolute Gasteiger partial charge is 0.374 e. The van der Waals surface area contributed by atoms with Crippen molar-refractivity contribution in [1.82, 2.24) is 0 Å². The number of alkyl halides is 6. The fraction of sp³-hybridized carbons (Fsp3) is 1.00. The average Bonchev–Trinajstić information content (AvgIpc) is 3.00. The van der Waals surface area contributed by atoms with Crippen LogP contribution < -0.4 is 0 Å². The highest BCUT2D eigenvalue weighted by Gasteiger charge is 2.72. The molecule has 3 rings (SSSR count). The largest absolute Gasteiger partial charge is 0.426 e. The Bertz CT molecular complexity index is 456. The van der Waals surface area contributed by atoms with E-state index < -0.39 is 30.3 Å². The van der Waals surface area contributed by atoms with Crippen LogP contribution in [0.25, 0.3) is 0 Å². The van der Waals surface area contributed by atoms with Gasteiger partial charge in [0.05, 0.1) is 0 Å². The van der Waals surface area contributed by atoms with E-state index in [1.165, 1.54) is 0 Å². The van der Waals surface area contributed by atoms with Crippen LogP contribution in [0.1, 0.15) is 39.5 Å². The number of fused-ring (bicyclic) bond motifs is 5. The van der Waals surface area contributed by atoms with Crippen molar-refractivity contribution in [2.45, 2.75) is 57.5 Å². The molecule has 7 atom stereocenters. The van der Waals surface area contributed by atoms with Crippen LogP contribution in [0, 0.1) is 41.4 Å². The second kappa shape index (κ2) is 5.02. The molecule has 2 bridgehead atoms. The van der Waals surface area contributed by atoms with Crippen molar-refractivity contribution in [3.8, 4) is 0 Å². The SMILES string of the molecule is CC1CC2C3CC(CC(O)(C(F)(F)F)C(F)(F)F)C(C3)C2C1C. The van der Waals surface area contributed by atoms with Crippen molar-refractivity contribution < 1.29 is 31.4 Å². The maximum atomic E-state index is 12.9. The third-order valence-electron chi connectivity index (χ3n) is 7.02. The predicted octanol–water partition coefficient (Wildman–Crippen LogP) is 4.80. The van der Waals surface area contributed by atoms with Crippen molar-refractivity contribution in [2.24, 2.45) is 41.4 Å². The molecule has 3 fully saturated rings. The topological polar surface area (TPSA) is 20.2 Å². The molecule has 7 heteroatoms. The van der Waals surface area contributed by atoms with Gasteiger partial charge in [0.15, 0.2) is 0 Å². The second-order valence-corrected chi connectivity index (χ2v) is 8.03. The maximum absolute atomic E-state index is 12.9. The summed E-state index contributed by atoms with van der Waals surface area (Å²) in [4.78, 5) is 0. The molecular weight excluding hydrogens is 322 g/mol. The number of hydrogen-bond acceptors (Lipinski definition) is 1. The summed E-state index contributed by atoms with van der Waals surface area (Å²) in [6.07, 6.45) is -10.5. The summed E-state index contributed by atoms with van der Waals surface area (Å²) in [5.74, 6) is 0.906. The lowest BCUT2D eigenvalue weighted by Crippen LogP contribution is -2.58. The van der Waals surface area contributed by atoms with Crippen molar-refractivity contribution >= 4 is 0 Å². The second-order valence-electron chi connectivity index (χ2n) is 8.03. The monoisotopic (exact) mass is 344 g/mol. The summed E-state index contributed by atoms with van der Waals surface area (Å²) in [5, 5.41) is 9.48. The molecule has 1 nitrogen and oxygen atoms in total. The van der Waals surface area contributed by atoms with E-state index in [9.17, 15) is 31.4 Å². The molecule has 0 amide bonds. The van der Waals surface area contributed by atoms with Crippen LogP contribution in [0.15, 0.2) is 0 Å². The molecule has 3 aliphatic carbocycles. The zero-order valence-electron chi connectivity index (χ0n) is 13.1. The van der Waals surface area contributed by atoms with E-state index in [-0.39, 0.29) is 17.8 Å². The fourth-order valence-corrected chi connectivity index (χ4v) is 5.81. The van der Waals surface area contributed by atoms with Crippen LogP contribution in [-0.4, -0.2) is 23.1 Å². The van der Waals surface area contributed by atoms with Crippen LogP contribution in [0.5, 0.6) is 0 Å². The van der Waals surface area contributed by atoms with Gasteiger partial charge >= 0.3 is 12.4 Å². The summed E-state index contributed by atoms with van der Waals surface area (Å²) in [7, 11) is 0. The van der Waals surface area contributed by atoms with Gasteiger partial charge in [0, 0.05) is 0 Å². The lowest BCUT2D eigenvalue weighted by molar-refractivity contribution is -0.373. The van der Waals surface area contributed by atoms with Gasteiger partial charge in [0.2, 0.25) is 0 Å². The minimum atomic E-state index is -5.69. The minimum absolute atomic E-state index is 0.110. The van der Waals surface area contributed by atoms with Crippen molar-refractivity contribution in [1.29, 1.82) is 0 Å². The molecule has 0 aromatic carbocycles. The fourth-order valence-electron chi connectivity index (χ4n) is 5.81. The molecule has 0 saturated heterocycles. The maximum Gasteiger partial charge on any atom is 0.426 e. The lowest BCUT2D eigenvalue weighted by atomic mass is 9.69. The highest BCUT2D eigenvalue weighted by Crippen LogP contribution is 2.66. The molecule has 0 spiro atoms. The molecule has 7 unspecified atom stereocenters. The van der Waals surface area contributed by atoms with Gasteiger partial charge in [-0.1, -0.05) is 13.8 Å². The van der Waals surface area contributed by atoms with Gasteiger partial charge in [-0.2, -0.15) is 26.3 Å². The van der Waals surface area contributed by atoms with Crippen molar-refractivity contribution in [3.63, 3.8) is 0 Å². The Morgan fingerprint density at radius 2 is 1.43 bits per heavy atom. The van der Waals surface area contributed by atoms with Gasteiger partial charge in [-0.25, -0.2) is 0 Å². The molecular formula is C16H22F6O. The Morgan fingerprint density at radius 3 is 1.96 bits per heavy atom. The van der Waals surface area contributed by atoms with E-state index in [0.717, 1.165) is 12.8 Å². The van der Waals surface area contributed by atoms with E-state index in [2.05, 4.69) is 13.8 Å². The zero-order chi connectivity index (χ0) is 17.4. The Kier molecular flexibility index (Phi) is 3.79. The first-order valence-corrected chi connectivity index (χ1v) is 8.22. The Morgan fingerprint density at radius 1 is 0.870 bits per heavy atom. The van der Waals surface area contributed by atoms with Gasteiger partial charge in [-0.15, -0.1) is 0 Å². The summed E-state index contributed by atoms with van der Waals surface area (Å²) in [6.45, 7) is 4.17. The molecule has 0 aromatic rings. The predicted molar refractivity (Wildman–Crippen MR) is 71.3 cm³/mol. The van der Waals surface area contributed by atoms with Crippen LogP contribution in [-0.2, 0) is 0 Å². The normalized spacial score (nSPS) is 44.0. The van der Waals surface area contributed by atoms with Gasteiger partial charge < -0.3 is 5.11 Å². The van der Waals surface area contributed by atoms with E-state index >= 15 is 0 Å². The third-order valence-corrected chi connectivity index (χ3v) is 7.02. The van der Waals surface area contributed by atoms with Crippen LogP contribution in [0.4, 0.5) is 26.3 Å². The molecule has 3 aliphatic rings. The summed E-state index contributed by atoms with van der Waals surface area (Å²) in [5.41, 5.74) is -4.59. The highest BCUT2D eigenvalue weighted by molar-refractivity contribution is 5.08. The molecule has 23 heavy (non-hydrogen) atoms. The number of rotatable bonds is 2. The molecule has 0 heterocycles. The standard InChI is InChI=1S/C16H22F6O/c1-7-3-11-9-4-10(12(5-9)13(11)8(7)2)6-14(23,15(17,18)19)16(20,21)22/h7-13,23H,3-6H2,1-2H3. The molecule has 3 saturated carbocycles.